The van der Waals surface area contributed by atoms with E-state index in [0.717, 1.165) is 12.2 Å². The topological polar surface area (TPSA) is 156 Å². The van der Waals surface area contributed by atoms with Crippen molar-refractivity contribution in [1.29, 1.82) is 10.8 Å². The van der Waals surface area contributed by atoms with Crippen molar-refractivity contribution in [2.75, 3.05) is 0 Å². The molecule has 0 bridgehead atoms. The van der Waals surface area contributed by atoms with E-state index in [-0.39, 0.29) is 24.0 Å². The standard InChI is InChI=1S/C8H12O4.2CHNO/c1-3-5(7(9)10)6(4-2)8(11)12;2*2-1-3/h3-4H2,1-2H3,(H,9,10)(H,11,12);2*2H. The third kappa shape index (κ3) is 11.5. The van der Waals surface area contributed by atoms with E-state index in [1.165, 1.54) is 0 Å². The molecule has 0 saturated carbocycles. The van der Waals surface area contributed by atoms with Crippen LogP contribution < -0.4 is 0 Å². The van der Waals surface area contributed by atoms with Gasteiger partial charge in [-0.15, -0.1) is 0 Å². The molecule has 0 heterocycles. The number of carboxylic acids is 2. The predicted octanol–water partition coefficient (Wildman–Crippen LogP) is 1.07. The van der Waals surface area contributed by atoms with Crippen molar-refractivity contribution in [1.82, 2.24) is 0 Å². The minimum Gasteiger partial charge on any atom is -0.478 e. The second kappa shape index (κ2) is 14.4. The Morgan fingerprint density at radius 3 is 1.11 bits per heavy atom. The molecule has 0 amide bonds. The van der Waals surface area contributed by atoms with E-state index in [0.29, 0.717) is 0 Å². The highest BCUT2D eigenvalue weighted by Gasteiger charge is 2.16. The zero-order chi connectivity index (χ0) is 15.1. The van der Waals surface area contributed by atoms with Crippen molar-refractivity contribution in [2.45, 2.75) is 26.7 Å². The van der Waals surface area contributed by atoms with E-state index in [1.54, 1.807) is 13.8 Å². The summed E-state index contributed by atoms with van der Waals surface area (Å²) in [5.74, 6) is -2.28. The Bertz CT molecular complexity index is 338. The van der Waals surface area contributed by atoms with Crippen molar-refractivity contribution in [3.8, 4) is 0 Å². The minimum absolute atomic E-state index is 0.00926. The average Bonchev–Trinajstić information content (AvgIpc) is 2.26. The normalized spacial score (nSPS) is 9.00. The van der Waals surface area contributed by atoms with E-state index >= 15 is 0 Å². The number of aliphatic carboxylic acids is 2. The summed E-state index contributed by atoms with van der Waals surface area (Å²) in [5.41, 5.74) is -0.0185. The van der Waals surface area contributed by atoms with E-state index in [1.807, 2.05) is 0 Å². The van der Waals surface area contributed by atoms with Gasteiger partial charge in [-0.05, 0) is 12.8 Å². The highest BCUT2D eigenvalue weighted by Crippen LogP contribution is 2.12. The Labute approximate surface area is 103 Å². The third-order valence-corrected chi connectivity index (χ3v) is 1.59. The number of hydrogen-bond donors (Lipinski definition) is 4. The molecule has 0 saturated heterocycles. The predicted molar refractivity (Wildman–Crippen MR) is 59.7 cm³/mol. The maximum absolute atomic E-state index is 10.5. The summed E-state index contributed by atoms with van der Waals surface area (Å²) in [5, 5.41) is 28.0. The fourth-order valence-electron chi connectivity index (χ4n) is 0.987. The molecule has 0 rings (SSSR count). The van der Waals surface area contributed by atoms with Crippen molar-refractivity contribution >= 4 is 24.1 Å². The van der Waals surface area contributed by atoms with E-state index in [9.17, 15) is 9.59 Å². The molecule has 0 unspecified atom stereocenters. The molecule has 0 aromatic carbocycles. The van der Waals surface area contributed by atoms with Gasteiger partial charge in [0.25, 0.3) is 0 Å². The molecule has 8 nitrogen and oxygen atoms in total. The van der Waals surface area contributed by atoms with Gasteiger partial charge >= 0.3 is 11.9 Å². The lowest BCUT2D eigenvalue weighted by Gasteiger charge is -2.03. The number of carbonyl (C=O) groups is 2. The number of rotatable bonds is 4. The van der Waals surface area contributed by atoms with Crippen molar-refractivity contribution in [3.63, 3.8) is 0 Å². The molecule has 0 radical (unpaired) electrons. The largest absolute Gasteiger partial charge is 0.478 e. The molecule has 0 aliphatic heterocycles. The Morgan fingerprint density at radius 1 is 0.889 bits per heavy atom. The van der Waals surface area contributed by atoms with Crippen LogP contribution in [0.2, 0.25) is 0 Å². The number of hydrogen-bond acceptors (Lipinski definition) is 6. The maximum atomic E-state index is 10.5. The average molecular weight is 258 g/mol. The lowest BCUT2D eigenvalue weighted by molar-refractivity contribution is -0.136. The van der Waals surface area contributed by atoms with Gasteiger partial charge in [-0.25, -0.2) is 30.0 Å². The van der Waals surface area contributed by atoms with Crippen LogP contribution in [-0.2, 0) is 19.2 Å². The summed E-state index contributed by atoms with van der Waals surface area (Å²) >= 11 is 0. The summed E-state index contributed by atoms with van der Waals surface area (Å²) in [7, 11) is 0. The van der Waals surface area contributed by atoms with Crippen molar-refractivity contribution in [3.05, 3.63) is 11.1 Å². The van der Waals surface area contributed by atoms with Crippen LogP contribution in [0.15, 0.2) is 11.1 Å². The molecule has 100 valence electrons. The number of carbonyl (C=O) groups excluding carboxylic acids is 2. The maximum Gasteiger partial charge on any atom is 0.332 e. The van der Waals surface area contributed by atoms with E-state index in [4.69, 9.17) is 30.6 Å². The highest BCUT2D eigenvalue weighted by molar-refractivity contribution is 5.98. The summed E-state index contributed by atoms with van der Waals surface area (Å²) in [6, 6.07) is 0. The van der Waals surface area contributed by atoms with Gasteiger partial charge in [0.1, 0.15) is 0 Å². The zero-order valence-electron chi connectivity index (χ0n) is 9.94. The highest BCUT2D eigenvalue weighted by atomic mass is 16.4. The van der Waals surface area contributed by atoms with Crippen LogP contribution >= 0.6 is 0 Å². The van der Waals surface area contributed by atoms with Gasteiger partial charge in [-0.1, -0.05) is 13.8 Å². The molecule has 0 aliphatic carbocycles. The third-order valence-electron chi connectivity index (χ3n) is 1.59. The first-order valence-corrected chi connectivity index (χ1v) is 4.64. The molecule has 0 aliphatic rings. The van der Waals surface area contributed by atoms with Gasteiger partial charge in [-0.2, -0.15) is 0 Å². The Balaban J connectivity index is -0.000000315. The SMILES string of the molecule is CCC(C(=O)O)=C(CC)C(=O)O.N=C=O.N=C=O. The monoisotopic (exact) mass is 258 g/mol. The molecule has 0 aromatic heterocycles. The number of isocyanates is 2. The van der Waals surface area contributed by atoms with Crippen molar-refractivity contribution in [2.24, 2.45) is 0 Å². The van der Waals surface area contributed by atoms with Crippen LogP contribution in [0, 0.1) is 10.8 Å². The van der Waals surface area contributed by atoms with E-state index in [2.05, 4.69) is 0 Å². The molecule has 0 aromatic rings. The quantitative estimate of drug-likeness (QED) is 0.335. The second-order valence-electron chi connectivity index (χ2n) is 2.48. The van der Waals surface area contributed by atoms with Gasteiger partial charge in [0.05, 0.1) is 0 Å². The Morgan fingerprint density at radius 2 is 1.06 bits per heavy atom. The fourth-order valence-corrected chi connectivity index (χ4v) is 0.987. The van der Waals surface area contributed by atoms with E-state index < -0.39 is 11.9 Å². The van der Waals surface area contributed by atoms with Gasteiger partial charge in [-0.3, -0.25) is 0 Å². The lowest BCUT2D eigenvalue weighted by atomic mass is 10.0. The Hall–Kier alpha value is -2.56. The van der Waals surface area contributed by atoms with Gasteiger partial charge in [0.2, 0.25) is 12.2 Å². The molecule has 0 atom stereocenters. The first-order valence-electron chi connectivity index (χ1n) is 4.64. The van der Waals surface area contributed by atoms with Crippen LogP contribution in [0.4, 0.5) is 0 Å². The van der Waals surface area contributed by atoms with Crippen LogP contribution in [0.5, 0.6) is 0 Å². The number of nitrogens with one attached hydrogen (secondary N) is 2. The molecule has 0 fully saturated rings. The first kappa shape index (κ1) is 20.8. The summed E-state index contributed by atoms with van der Waals surface area (Å²) in [6.07, 6.45) is 1.98. The second-order valence-corrected chi connectivity index (χ2v) is 2.48. The molecular weight excluding hydrogens is 244 g/mol. The van der Waals surface area contributed by atoms with Crippen LogP contribution in [0.1, 0.15) is 26.7 Å². The molecule has 8 heteroatoms. The molecular formula is C10H14N2O6. The first-order chi connectivity index (χ1) is 8.37. The van der Waals surface area contributed by atoms with Gasteiger partial charge in [0, 0.05) is 11.1 Å². The molecule has 18 heavy (non-hydrogen) atoms. The zero-order valence-corrected chi connectivity index (χ0v) is 9.94. The molecule has 4 N–H and O–H groups in total. The van der Waals surface area contributed by atoms with Crippen LogP contribution in [0.3, 0.4) is 0 Å². The summed E-state index contributed by atoms with van der Waals surface area (Å²) in [6.45, 7) is 3.25. The van der Waals surface area contributed by atoms with Crippen molar-refractivity contribution < 1.29 is 29.4 Å². The fraction of sp³-hybridized carbons (Fsp3) is 0.400. The summed E-state index contributed by atoms with van der Waals surface area (Å²) < 4.78 is 0. The van der Waals surface area contributed by atoms with Gasteiger partial charge in [0.15, 0.2) is 0 Å². The van der Waals surface area contributed by atoms with Crippen LogP contribution in [-0.4, -0.2) is 34.3 Å². The van der Waals surface area contributed by atoms with Gasteiger partial charge < -0.3 is 10.2 Å². The minimum atomic E-state index is -1.14. The Kier molecular flexibility index (Phi) is 16.7. The molecule has 0 spiro atoms. The lowest BCUT2D eigenvalue weighted by Crippen LogP contribution is -2.10. The summed E-state index contributed by atoms with van der Waals surface area (Å²) in [4.78, 5) is 37.7. The number of carboxylic acid groups (broad SMARTS) is 2. The smallest absolute Gasteiger partial charge is 0.332 e. The van der Waals surface area contributed by atoms with Crippen LogP contribution in [0.25, 0.3) is 0 Å².